The molecule has 0 spiro atoms. The first kappa shape index (κ1) is 17.7. The van der Waals surface area contributed by atoms with Gasteiger partial charge in [0.15, 0.2) is 0 Å². The van der Waals surface area contributed by atoms with Gasteiger partial charge in [0.2, 0.25) is 0 Å². The van der Waals surface area contributed by atoms with Crippen molar-refractivity contribution in [2.75, 3.05) is 26.3 Å². The molecule has 0 aromatic rings. The lowest BCUT2D eigenvalue weighted by Crippen LogP contribution is -2.47. The fraction of sp³-hybridized carbons (Fsp3) is 1.00. The maximum atomic E-state index is 10.5. The van der Waals surface area contributed by atoms with Crippen LogP contribution < -0.4 is 0 Å². The van der Waals surface area contributed by atoms with E-state index in [0.29, 0.717) is 0 Å². The van der Waals surface area contributed by atoms with E-state index < -0.39 is 54.1 Å². The third-order valence-electron chi connectivity index (χ3n) is 3.14. The van der Waals surface area contributed by atoms with Gasteiger partial charge in [0.1, 0.15) is 6.10 Å². The van der Waals surface area contributed by atoms with E-state index in [0.717, 1.165) is 0 Å². The predicted octanol–water partition coefficient (Wildman–Crippen LogP) is -4.07. The molecule has 0 amide bonds. The molecule has 0 bridgehead atoms. The predicted molar refractivity (Wildman–Crippen MR) is 64.0 cm³/mol. The van der Waals surface area contributed by atoms with Gasteiger partial charge in [0.05, 0.1) is 37.6 Å². The van der Waals surface area contributed by atoms with Crippen LogP contribution in [0.5, 0.6) is 0 Å². The molecule has 0 saturated carbocycles. The van der Waals surface area contributed by atoms with E-state index >= 15 is 0 Å². The summed E-state index contributed by atoms with van der Waals surface area (Å²) in [7, 11) is -4.84. The first-order valence-electron chi connectivity index (χ1n) is 5.85. The molecule has 0 aliphatic carbocycles. The second-order valence-electron chi connectivity index (χ2n) is 4.57. The third kappa shape index (κ3) is 4.58. The van der Waals surface area contributed by atoms with Crippen molar-refractivity contribution in [1.29, 1.82) is 0 Å². The van der Waals surface area contributed by atoms with Crippen molar-refractivity contribution in [1.82, 2.24) is 4.90 Å². The van der Waals surface area contributed by atoms with E-state index in [1.54, 1.807) is 0 Å². The van der Waals surface area contributed by atoms with Crippen molar-refractivity contribution in [3.63, 3.8) is 0 Å². The third-order valence-corrected chi connectivity index (χ3v) is 3.63. The number of nitrogens with zero attached hydrogens (tertiary/aromatic N) is 1. The molecule has 0 aromatic heterocycles. The maximum Gasteiger partial charge on any atom is 0.397 e. The molecule has 1 heterocycles. The molecule has 6 N–H and O–H groups in total. The minimum absolute atomic E-state index is 0.0481. The van der Waals surface area contributed by atoms with Crippen molar-refractivity contribution in [3.8, 4) is 0 Å². The van der Waals surface area contributed by atoms with E-state index in [1.807, 2.05) is 0 Å². The Labute approximate surface area is 115 Å². The minimum Gasteiger partial charge on any atom is -0.395 e. The molecule has 11 heteroatoms. The minimum atomic E-state index is -4.84. The lowest BCUT2D eigenvalue weighted by Gasteiger charge is -2.28. The SMILES string of the molecule is O=S(=O)(O)O[C@@H](CO)[C@H](O)CN1C[C@@H](O)[C@H](O)[C@H]1CO. The molecular weight excluding hydrogens is 298 g/mol. The molecule has 1 aliphatic heterocycles. The summed E-state index contributed by atoms with van der Waals surface area (Å²) in [5.74, 6) is 0. The quantitative estimate of drug-likeness (QED) is 0.254. The fourth-order valence-corrected chi connectivity index (χ4v) is 2.62. The molecule has 20 heavy (non-hydrogen) atoms. The highest BCUT2D eigenvalue weighted by Gasteiger charge is 2.41. The Balaban J connectivity index is 2.66. The second kappa shape index (κ2) is 7.06. The Kier molecular flexibility index (Phi) is 6.25. The van der Waals surface area contributed by atoms with E-state index in [2.05, 4.69) is 4.18 Å². The summed E-state index contributed by atoms with van der Waals surface area (Å²) in [5, 5.41) is 46.9. The Morgan fingerprint density at radius 3 is 2.35 bits per heavy atom. The summed E-state index contributed by atoms with van der Waals surface area (Å²) >= 11 is 0. The van der Waals surface area contributed by atoms with Crippen LogP contribution in [0.1, 0.15) is 0 Å². The van der Waals surface area contributed by atoms with E-state index in [-0.39, 0.29) is 13.1 Å². The highest BCUT2D eigenvalue weighted by Crippen LogP contribution is 2.19. The monoisotopic (exact) mass is 317 g/mol. The molecule has 0 aromatic carbocycles. The topological polar surface area (TPSA) is 168 Å². The number of hydrogen-bond acceptors (Lipinski definition) is 9. The van der Waals surface area contributed by atoms with Crippen LogP contribution in [0.15, 0.2) is 0 Å². The molecule has 1 rings (SSSR count). The van der Waals surface area contributed by atoms with Gasteiger partial charge in [0, 0.05) is 13.1 Å². The smallest absolute Gasteiger partial charge is 0.395 e. The van der Waals surface area contributed by atoms with Crippen LogP contribution in [0.25, 0.3) is 0 Å². The number of β-amino-alcohol motifs (C(OH)–C–C–N with tert-alkyl or cyclic N) is 2. The molecular formula is C9H19NO9S. The summed E-state index contributed by atoms with van der Waals surface area (Å²) in [6.45, 7) is -1.68. The molecule has 1 fully saturated rings. The number of hydrogen-bond donors (Lipinski definition) is 6. The lowest BCUT2D eigenvalue weighted by atomic mass is 10.1. The Morgan fingerprint density at radius 2 is 1.90 bits per heavy atom. The van der Waals surface area contributed by atoms with Gasteiger partial charge in [-0.1, -0.05) is 0 Å². The molecule has 0 unspecified atom stereocenters. The van der Waals surface area contributed by atoms with E-state index in [4.69, 9.17) is 14.8 Å². The van der Waals surface area contributed by atoms with Crippen LogP contribution in [0.3, 0.4) is 0 Å². The number of rotatable bonds is 7. The van der Waals surface area contributed by atoms with Crippen molar-refractivity contribution in [3.05, 3.63) is 0 Å². The Morgan fingerprint density at radius 1 is 1.30 bits per heavy atom. The van der Waals surface area contributed by atoms with Crippen molar-refractivity contribution in [2.45, 2.75) is 30.5 Å². The number of aliphatic hydroxyl groups excluding tert-OH is 5. The Bertz CT molecular complexity index is 402. The van der Waals surface area contributed by atoms with Crippen LogP contribution in [0.4, 0.5) is 0 Å². The van der Waals surface area contributed by atoms with Gasteiger partial charge in [-0.2, -0.15) is 8.42 Å². The number of likely N-dealkylation sites (tertiary alicyclic amines) is 1. The molecule has 5 atom stereocenters. The maximum absolute atomic E-state index is 10.5. The summed E-state index contributed by atoms with van der Waals surface area (Å²) in [6.07, 6.45) is -5.44. The zero-order chi connectivity index (χ0) is 15.5. The van der Waals surface area contributed by atoms with Gasteiger partial charge in [-0.25, -0.2) is 4.18 Å². The van der Waals surface area contributed by atoms with Crippen LogP contribution in [-0.4, -0.2) is 100 Å². The molecule has 0 radical (unpaired) electrons. The largest absolute Gasteiger partial charge is 0.397 e. The van der Waals surface area contributed by atoms with Gasteiger partial charge in [-0.15, -0.1) is 0 Å². The summed E-state index contributed by atoms with van der Waals surface area (Å²) in [6, 6.07) is -0.829. The van der Waals surface area contributed by atoms with Gasteiger partial charge < -0.3 is 25.5 Å². The van der Waals surface area contributed by atoms with Crippen LogP contribution in [0.2, 0.25) is 0 Å². The zero-order valence-electron chi connectivity index (χ0n) is 10.5. The average Bonchev–Trinajstić information content (AvgIpc) is 2.60. The zero-order valence-corrected chi connectivity index (χ0v) is 11.3. The highest BCUT2D eigenvalue weighted by atomic mass is 32.3. The summed E-state index contributed by atoms with van der Waals surface area (Å²) in [4.78, 5) is 1.33. The van der Waals surface area contributed by atoms with Gasteiger partial charge in [-0.05, 0) is 0 Å². The molecule has 1 saturated heterocycles. The first-order chi connectivity index (χ1) is 9.19. The Hall–Kier alpha value is -0.370. The van der Waals surface area contributed by atoms with Crippen LogP contribution in [0, 0.1) is 0 Å². The van der Waals surface area contributed by atoms with Gasteiger partial charge >= 0.3 is 10.4 Å². The van der Waals surface area contributed by atoms with Crippen LogP contribution >= 0.6 is 0 Å². The molecule has 120 valence electrons. The summed E-state index contributed by atoms with van der Waals surface area (Å²) < 4.78 is 33.7. The average molecular weight is 317 g/mol. The van der Waals surface area contributed by atoms with Crippen molar-refractivity contribution >= 4 is 10.4 Å². The fourth-order valence-electron chi connectivity index (χ4n) is 2.12. The standard InChI is InChI=1S/C9H19NO9S/c11-3-5-9(15)7(14)2-10(5)1-6(13)8(4-12)19-20(16,17)18/h5-9,11-15H,1-4H2,(H,16,17,18)/t5-,6-,7-,8+,9-/m1/s1. The molecule has 10 nitrogen and oxygen atoms in total. The lowest BCUT2D eigenvalue weighted by molar-refractivity contribution is -0.0283. The highest BCUT2D eigenvalue weighted by molar-refractivity contribution is 7.80. The number of aliphatic hydroxyl groups is 5. The van der Waals surface area contributed by atoms with Crippen molar-refractivity contribution < 1.29 is 42.7 Å². The first-order valence-corrected chi connectivity index (χ1v) is 7.21. The summed E-state index contributed by atoms with van der Waals surface area (Å²) in [5.41, 5.74) is 0. The molecule has 1 aliphatic rings. The van der Waals surface area contributed by atoms with Gasteiger partial charge in [-0.3, -0.25) is 9.45 Å². The van der Waals surface area contributed by atoms with Gasteiger partial charge in [0.25, 0.3) is 0 Å². The van der Waals surface area contributed by atoms with E-state index in [1.165, 1.54) is 4.90 Å². The second-order valence-corrected chi connectivity index (χ2v) is 5.62. The van der Waals surface area contributed by atoms with Crippen molar-refractivity contribution in [2.24, 2.45) is 0 Å². The van der Waals surface area contributed by atoms with Crippen LogP contribution in [-0.2, 0) is 14.6 Å². The van der Waals surface area contributed by atoms with E-state index in [9.17, 15) is 23.7 Å². The normalized spacial score (nSPS) is 31.4.